The van der Waals surface area contributed by atoms with E-state index in [1.807, 2.05) is 27.7 Å². The van der Waals surface area contributed by atoms with Gasteiger partial charge in [-0.25, -0.2) is 4.52 Å². The number of nitrogens with two attached hydrogens (primary N) is 1. The number of hydrogen-bond acceptors (Lipinski definition) is 5. The predicted octanol–water partition coefficient (Wildman–Crippen LogP) is 5.16. The highest BCUT2D eigenvalue weighted by Gasteiger charge is 2.47. The summed E-state index contributed by atoms with van der Waals surface area (Å²) in [5.74, 6) is 1.65. The fourth-order valence-electron chi connectivity index (χ4n) is 8.03. The van der Waals surface area contributed by atoms with Crippen LogP contribution in [0, 0.1) is 18.8 Å². The number of aromatic nitrogens is 3. The summed E-state index contributed by atoms with van der Waals surface area (Å²) in [7, 11) is 1.65. The van der Waals surface area contributed by atoms with E-state index in [0.717, 1.165) is 81.6 Å². The summed E-state index contributed by atoms with van der Waals surface area (Å²) in [5, 5.41) is 9.18. The number of carbonyl (C=O) groups is 2. The molecule has 9 rings (SSSR count). The average Bonchev–Trinajstić information content (AvgIpc) is 3.26. The van der Waals surface area contributed by atoms with Gasteiger partial charge in [-0.05, 0) is 85.4 Å². The monoisotopic (exact) mass is 600 g/mol. The van der Waals surface area contributed by atoms with E-state index in [1.165, 1.54) is 12.8 Å². The Morgan fingerprint density at radius 2 is 1.89 bits per heavy atom. The zero-order valence-corrected chi connectivity index (χ0v) is 25.5. The van der Waals surface area contributed by atoms with Gasteiger partial charge in [-0.1, -0.05) is 24.3 Å². The number of methoxy groups -OCH3 is 1. The Morgan fingerprint density at radius 3 is 2.64 bits per heavy atom. The van der Waals surface area contributed by atoms with Crippen LogP contribution < -0.4 is 15.8 Å². The van der Waals surface area contributed by atoms with Crippen LogP contribution >= 0.6 is 0 Å². The molecule has 2 unspecified atom stereocenters. The zero-order valence-electron chi connectivity index (χ0n) is 25.5. The molecule has 228 valence electrons. The van der Waals surface area contributed by atoms with Gasteiger partial charge in [0.2, 0.25) is 0 Å². The van der Waals surface area contributed by atoms with Crippen LogP contribution in [0.15, 0.2) is 54.7 Å². The second-order valence-corrected chi connectivity index (χ2v) is 13.4. The van der Waals surface area contributed by atoms with Crippen molar-refractivity contribution in [1.82, 2.24) is 24.4 Å². The lowest BCUT2D eigenvalue weighted by molar-refractivity contribution is 0.0699. The summed E-state index contributed by atoms with van der Waals surface area (Å²) in [6, 6.07) is 17.0. The van der Waals surface area contributed by atoms with Crippen LogP contribution in [0.4, 0.5) is 0 Å². The Balaban J connectivity index is 1.15. The largest absolute Gasteiger partial charge is 0.494 e. The van der Waals surface area contributed by atoms with Gasteiger partial charge in [-0.15, -0.1) is 0 Å². The molecule has 9 nitrogen and oxygen atoms in total. The van der Waals surface area contributed by atoms with E-state index in [1.54, 1.807) is 7.11 Å². The highest BCUT2D eigenvalue weighted by Crippen LogP contribution is 2.41. The van der Waals surface area contributed by atoms with E-state index in [9.17, 15) is 9.59 Å². The van der Waals surface area contributed by atoms with Crippen molar-refractivity contribution in [2.75, 3.05) is 13.7 Å². The molecule has 1 saturated heterocycles. The van der Waals surface area contributed by atoms with E-state index in [2.05, 4.69) is 53.2 Å². The number of benzene rings is 2. The van der Waals surface area contributed by atoms with E-state index < -0.39 is 0 Å². The number of aryl methyl sites for hydroxylation is 1. The third-order valence-electron chi connectivity index (χ3n) is 10.7. The predicted molar refractivity (Wildman–Crippen MR) is 172 cm³/mol. The van der Waals surface area contributed by atoms with Gasteiger partial charge in [0.15, 0.2) is 0 Å². The molecular weight excluding hydrogens is 564 g/mol. The lowest BCUT2D eigenvalue weighted by Gasteiger charge is -2.27. The Hall–Kier alpha value is -4.63. The fraction of sp³-hybridized carbons (Fsp3) is 0.361. The molecule has 2 saturated carbocycles. The first-order valence-electron chi connectivity index (χ1n) is 16.1. The first-order chi connectivity index (χ1) is 21.9. The number of likely N-dealkylation sites (tertiary alicyclic amines) is 1. The number of fused-ring (bicyclic) bond motifs is 5. The Kier molecular flexibility index (Phi) is 5.75. The van der Waals surface area contributed by atoms with Gasteiger partial charge in [-0.2, -0.15) is 5.10 Å². The van der Waals surface area contributed by atoms with E-state index in [4.69, 9.17) is 15.6 Å². The minimum absolute atomic E-state index is 0.00744. The molecule has 3 N–H and O–H groups in total. The summed E-state index contributed by atoms with van der Waals surface area (Å²) >= 11 is 0. The highest BCUT2D eigenvalue weighted by molar-refractivity contribution is 6.00. The van der Waals surface area contributed by atoms with Crippen molar-refractivity contribution < 1.29 is 14.3 Å². The standard InChI is InChI=1S/C36H36N6O3/c1-19-33(39-42-18-26(14-31(45-2)34(19)42)36(44)41-17-25-9-10-28(41)32(25)37)30-13-23-7-5-22(12-29(23)40(30)16-20-3-4-20)21-6-8-24-15-38-35(43)27(24)11-21/h5-8,11-14,18,20,25,28,32H,3-4,9-10,15-17,37H2,1-2H3,(H,38,43)/t25?,28?,32-/m1/s1. The van der Waals surface area contributed by atoms with E-state index >= 15 is 0 Å². The number of piperidine rings is 1. The van der Waals surface area contributed by atoms with Crippen molar-refractivity contribution in [3.05, 3.63) is 77.0 Å². The van der Waals surface area contributed by atoms with Crippen LogP contribution in [0.5, 0.6) is 5.75 Å². The second kappa shape index (κ2) is 9.68. The first kappa shape index (κ1) is 26.7. The number of nitrogens with one attached hydrogen (secondary N) is 1. The molecule has 0 spiro atoms. The molecule has 9 heteroatoms. The van der Waals surface area contributed by atoms with Crippen LogP contribution in [-0.2, 0) is 13.1 Å². The summed E-state index contributed by atoms with van der Waals surface area (Å²) in [6.45, 7) is 4.31. The van der Waals surface area contributed by atoms with Gasteiger partial charge in [0, 0.05) is 59.9 Å². The van der Waals surface area contributed by atoms with Crippen molar-refractivity contribution in [3.63, 3.8) is 0 Å². The molecule has 2 aliphatic heterocycles. The fourth-order valence-corrected chi connectivity index (χ4v) is 8.03. The van der Waals surface area contributed by atoms with Gasteiger partial charge < -0.3 is 25.3 Å². The Bertz CT molecular complexity index is 2070. The SMILES string of the molecule is COc1cc(C(=O)N2CC3CCC2[C@@H]3N)cn2nc(-c3cc4ccc(-c5ccc6c(c5)C(=O)NC6)cc4n3CC3CC3)c(C)c12. The summed E-state index contributed by atoms with van der Waals surface area (Å²) < 4.78 is 10.1. The molecule has 3 fully saturated rings. The second-order valence-electron chi connectivity index (χ2n) is 13.4. The summed E-state index contributed by atoms with van der Waals surface area (Å²) in [4.78, 5) is 28.1. The molecule has 3 aromatic heterocycles. The normalized spacial score (nSPS) is 22.1. The van der Waals surface area contributed by atoms with Crippen LogP contribution in [0.3, 0.4) is 0 Å². The molecule has 2 aromatic carbocycles. The zero-order chi connectivity index (χ0) is 30.6. The number of pyridine rings is 1. The quantitative estimate of drug-likeness (QED) is 0.280. The van der Waals surface area contributed by atoms with Crippen molar-refractivity contribution >= 4 is 28.2 Å². The number of nitrogens with zero attached hydrogens (tertiary/aromatic N) is 4. The van der Waals surface area contributed by atoms with Crippen molar-refractivity contribution in [1.29, 1.82) is 0 Å². The average molecular weight is 601 g/mol. The molecule has 3 atom stereocenters. The molecule has 4 aliphatic rings. The maximum Gasteiger partial charge on any atom is 0.255 e. The molecule has 5 aromatic rings. The lowest BCUT2D eigenvalue weighted by atomic mass is 9.99. The van der Waals surface area contributed by atoms with Gasteiger partial charge >= 0.3 is 0 Å². The maximum atomic E-state index is 13.7. The van der Waals surface area contributed by atoms with Gasteiger partial charge in [-0.3, -0.25) is 9.59 Å². The minimum Gasteiger partial charge on any atom is -0.494 e. The van der Waals surface area contributed by atoms with Crippen LogP contribution in [0.1, 0.15) is 57.5 Å². The van der Waals surface area contributed by atoms with E-state index in [-0.39, 0.29) is 23.9 Å². The third kappa shape index (κ3) is 4.06. The smallest absolute Gasteiger partial charge is 0.255 e. The number of ether oxygens (including phenoxy) is 1. The van der Waals surface area contributed by atoms with Gasteiger partial charge in [0.1, 0.15) is 17.0 Å². The number of hydrogen-bond donors (Lipinski definition) is 2. The molecule has 5 heterocycles. The summed E-state index contributed by atoms with van der Waals surface area (Å²) in [6.07, 6.45) is 6.37. The molecular formula is C36H36N6O3. The number of amides is 2. The lowest BCUT2D eigenvalue weighted by Crippen LogP contribution is -2.41. The first-order valence-corrected chi connectivity index (χ1v) is 16.1. The van der Waals surface area contributed by atoms with Crippen LogP contribution in [-0.4, -0.2) is 56.6 Å². The Morgan fingerprint density at radius 1 is 1.07 bits per heavy atom. The Labute approximate surface area is 260 Å². The molecule has 2 amide bonds. The van der Waals surface area contributed by atoms with E-state index in [0.29, 0.717) is 29.7 Å². The van der Waals surface area contributed by atoms with Gasteiger partial charge in [0.05, 0.1) is 18.4 Å². The highest BCUT2D eigenvalue weighted by atomic mass is 16.5. The maximum absolute atomic E-state index is 13.7. The molecule has 45 heavy (non-hydrogen) atoms. The molecule has 2 aliphatic carbocycles. The van der Waals surface area contributed by atoms with Gasteiger partial charge in [0.25, 0.3) is 11.8 Å². The molecule has 2 bridgehead atoms. The molecule has 0 radical (unpaired) electrons. The number of rotatable bonds is 6. The number of carbonyl (C=O) groups excluding carboxylic acids is 2. The van der Waals surface area contributed by atoms with Crippen LogP contribution in [0.2, 0.25) is 0 Å². The topological polar surface area (TPSA) is 107 Å². The third-order valence-corrected chi connectivity index (χ3v) is 10.7. The van der Waals surface area contributed by atoms with Crippen molar-refractivity contribution in [2.45, 2.75) is 57.8 Å². The van der Waals surface area contributed by atoms with Crippen LogP contribution in [0.25, 0.3) is 38.9 Å². The summed E-state index contributed by atoms with van der Waals surface area (Å²) in [5.41, 5.74) is 15.9. The minimum atomic E-state index is -0.00818. The van der Waals surface area contributed by atoms with Crippen molar-refractivity contribution in [3.8, 4) is 28.3 Å². The van der Waals surface area contributed by atoms with Crippen molar-refractivity contribution in [2.24, 2.45) is 17.6 Å².